The lowest BCUT2D eigenvalue weighted by Gasteiger charge is -2.11. The van der Waals surface area contributed by atoms with Gasteiger partial charge in [-0.3, -0.25) is 14.4 Å². The van der Waals surface area contributed by atoms with Gasteiger partial charge in [0.15, 0.2) is 0 Å². The number of rotatable bonds is 7. The van der Waals surface area contributed by atoms with E-state index in [2.05, 4.69) is 16.0 Å². The molecule has 0 unspecified atom stereocenters. The van der Waals surface area contributed by atoms with Crippen molar-refractivity contribution in [3.8, 4) is 0 Å². The summed E-state index contributed by atoms with van der Waals surface area (Å²) < 4.78 is 0. The summed E-state index contributed by atoms with van der Waals surface area (Å²) in [6, 6.07) is 5.25. The molecule has 3 amide bonds. The van der Waals surface area contributed by atoms with Crippen LogP contribution >= 0.6 is 23.4 Å². The molecule has 0 heterocycles. The van der Waals surface area contributed by atoms with Crippen LogP contribution in [0, 0.1) is 0 Å². The van der Waals surface area contributed by atoms with Gasteiger partial charge in [0, 0.05) is 16.8 Å². The molecule has 1 rings (SSSR count). The standard InChI is InChI=1S/C14H18ClN3O3S/c1-3-22-12-5-4-10(15)6-11(12)18-14(21)8-17-13(20)7-16-9(2)19/h4-6H,3,7-8H2,1-2H3,(H,16,19)(H,17,20)(H,18,21). The molecule has 0 aromatic heterocycles. The normalized spacial score (nSPS) is 9.95. The summed E-state index contributed by atoms with van der Waals surface area (Å²) in [5.74, 6) is -0.242. The molecule has 120 valence electrons. The molecule has 0 saturated heterocycles. The second-order valence-corrected chi connectivity index (χ2v) is 6.05. The summed E-state index contributed by atoms with van der Waals surface area (Å²) in [6.07, 6.45) is 0. The maximum Gasteiger partial charge on any atom is 0.243 e. The van der Waals surface area contributed by atoms with Crippen LogP contribution in [0.4, 0.5) is 5.69 Å². The summed E-state index contributed by atoms with van der Waals surface area (Å²) in [5.41, 5.74) is 0.612. The number of carbonyl (C=O) groups is 3. The van der Waals surface area contributed by atoms with Crippen molar-refractivity contribution in [2.45, 2.75) is 18.7 Å². The summed E-state index contributed by atoms with van der Waals surface area (Å²) >= 11 is 7.51. The van der Waals surface area contributed by atoms with Gasteiger partial charge in [-0.25, -0.2) is 0 Å². The predicted octanol–water partition coefficient (Wildman–Crippen LogP) is 1.64. The summed E-state index contributed by atoms with van der Waals surface area (Å²) in [4.78, 5) is 34.8. The third-order valence-electron chi connectivity index (χ3n) is 2.46. The number of amides is 3. The Balaban J connectivity index is 2.53. The van der Waals surface area contributed by atoms with Gasteiger partial charge < -0.3 is 16.0 Å². The summed E-state index contributed by atoms with van der Waals surface area (Å²) in [5, 5.41) is 8.00. The molecule has 0 fully saturated rings. The van der Waals surface area contributed by atoms with E-state index in [4.69, 9.17) is 11.6 Å². The molecular weight excluding hydrogens is 326 g/mol. The minimum absolute atomic E-state index is 0.156. The number of thioether (sulfide) groups is 1. The van der Waals surface area contributed by atoms with Crippen LogP contribution in [0.25, 0.3) is 0 Å². The van der Waals surface area contributed by atoms with Gasteiger partial charge >= 0.3 is 0 Å². The molecule has 22 heavy (non-hydrogen) atoms. The molecule has 0 spiro atoms. The van der Waals surface area contributed by atoms with Gasteiger partial charge in [0.05, 0.1) is 18.8 Å². The van der Waals surface area contributed by atoms with Gasteiger partial charge in [0.2, 0.25) is 17.7 Å². The average molecular weight is 344 g/mol. The zero-order valence-corrected chi connectivity index (χ0v) is 13.9. The topological polar surface area (TPSA) is 87.3 Å². The number of carbonyl (C=O) groups excluding carboxylic acids is 3. The van der Waals surface area contributed by atoms with Gasteiger partial charge in [-0.05, 0) is 24.0 Å². The van der Waals surface area contributed by atoms with E-state index in [0.29, 0.717) is 10.7 Å². The molecular formula is C14H18ClN3O3S. The van der Waals surface area contributed by atoms with Crippen molar-refractivity contribution in [2.24, 2.45) is 0 Å². The second-order valence-electron chi connectivity index (χ2n) is 4.31. The first-order chi connectivity index (χ1) is 10.4. The fourth-order valence-electron chi connectivity index (χ4n) is 1.52. The molecule has 0 saturated carbocycles. The first-order valence-corrected chi connectivity index (χ1v) is 8.02. The van der Waals surface area contributed by atoms with Crippen LogP contribution in [0.5, 0.6) is 0 Å². The second kappa shape index (κ2) is 9.32. The van der Waals surface area contributed by atoms with Crippen molar-refractivity contribution in [1.29, 1.82) is 0 Å². The zero-order valence-electron chi connectivity index (χ0n) is 12.4. The fourth-order valence-corrected chi connectivity index (χ4v) is 2.43. The van der Waals surface area contributed by atoms with Gasteiger partial charge in [0.1, 0.15) is 0 Å². The molecule has 0 bridgehead atoms. The average Bonchev–Trinajstić information content (AvgIpc) is 2.46. The first-order valence-electron chi connectivity index (χ1n) is 6.65. The van der Waals surface area contributed by atoms with E-state index < -0.39 is 5.91 Å². The van der Waals surface area contributed by atoms with Crippen molar-refractivity contribution < 1.29 is 14.4 Å². The Morgan fingerprint density at radius 1 is 1.14 bits per heavy atom. The Kier molecular flexibility index (Phi) is 7.76. The van der Waals surface area contributed by atoms with Gasteiger partial charge in [-0.2, -0.15) is 0 Å². The third kappa shape index (κ3) is 6.82. The number of hydrogen-bond donors (Lipinski definition) is 3. The molecule has 1 aromatic carbocycles. The Morgan fingerprint density at radius 3 is 2.45 bits per heavy atom. The Morgan fingerprint density at radius 2 is 1.82 bits per heavy atom. The Bertz CT molecular complexity index is 566. The van der Waals surface area contributed by atoms with Crippen LogP contribution in [0.3, 0.4) is 0 Å². The minimum Gasteiger partial charge on any atom is -0.347 e. The van der Waals surface area contributed by atoms with Crippen molar-refractivity contribution in [3.05, 3.63) is 23.2 Å². The van der Waals surface area contributed by atoms with E-state index in [1.54, 1.807) is 23.9 Å². The van der Waals surface area contributed by atoms with E-state index in [1.807, 2.05) is 13.0 Å². The Labute approximate surface area is 138 Å². The lowest BCUT2D eigenvalue weighted by atomic mass is 10.3. The van der Waals surface area contributed by atoms with Crippen LogP contribution in [0.15, 0.2) is 23.1 Å². The van der Waals surface area contributed by atoms with Crippen LogP contribution < -0.4 is 16.0 Å². The van der Waals surface area contributed by atoms with Crippen molar-refractivity contribution in [3.63, 3.8) is 0 Å². The lowest BCUT2D eigenvalue weighted by Crippen LogP contribution is -2.39. The van der Waals surface area contributed by atoms with Crippen molar-refractivity contribution >= 4 is 46.8 Å². The van der Waals surface area contributed by atoms with E-state index in [0.717, 1.165) is 10.6 Å². The van der Waals surface area contributed by atoms with Crippen LogP contribution in [0.1, 0.15) is 13.8 Å². The predicted molar refractivity (Wildman–Crippen MR) is 88.2 cm³/mol. The van der Waals surface area contributed by atoms with E-state index in [9.17, 15) is 14.4 Å². The van der Waals surface area contributed by atoms with Gasteiger partial charge in [0.25, 0.3) is 0 Å². The maximum atomic E-state index is 11.9. The fraction of sp³-hybridized carbons (Fsp3) is 0.357. The smallest absolute Gasteiger partial charge is 0.243 e. The summed E-state index contributed by atoms with van der Waals surface area (Å²) in [6.45, 7) is 2.98. The number of anilines is 1. The number of nitrogens with one attached hydrogen (secondary N) is 3. The molecule has 0 aliphatic carbocycles. The Hall–Kier alpha value is -1.73. The van der Waals surface area contributed by atoms with E-state index in [1.165, 1.54) is 6.92 Å². The van der Waals surface area contributed by atoms with Crippen LogP contribution in [0.2, 0.25) is 5.02 Å². The molecule has 3 N–H and O–H groups in total. The quantitative estimate of drug-likeness (QED) is 0.657. The minimum atomic E-state index is -0.431. The van der Waals surface area contributed by atoms with E-state index in [-0.39, 0.29) is 24.9 Å². The lowest BCUT2D eigenvalue weighted by molar-refractivity contribution is -0.126. The highest BCUT2D eigenvalue weighted by Crippen LogP contribution is 2.29. The zero-order chi connectivity index (χ0) is 16.5. The molecule has 0 aliphatic heterocycles. The van der Waals surface area contributed by atoms with Crippen molar-refractivity contribution in [2.75, 3.05) is 24.2 Å². The van der Waals surface area contributed by atoms with Gasteiger partial charge in [-0.15, -0.1) is 11.8 Å². The molecule has 8 heteroatoms. The summed E-state index contributed by atoms with van der Waals surface area (Å²) in [7, 11) is 0. The maximum absolute atomic E-state index is 11.9. The molecule has 0 radical (unpaired) electrons. The monoisotopic (exact) mass is 343 g/mol. The molecule has 6 nitrogen and oxygen atoms in total. The number of halogens is 1. The van der Waals surface area contributed by atoms with E-state index >= 15 is 0 Å². The SMILES string of the molecule is CCSc1ccc(Cl)cc1NC(=O)CNC(=O)CNC(C)=O. The van der Waals surface area contributed by atoms with Crippen LogP contribution in [-0.4, -0.2) is 36.6 Å². The molecule has 0 aliphatic rings. The van der Waals surface area contributed by atoms with Gasteiger partial charge in [-0.1, -0.05) is 18.5 Å². The molecule has 1 aromatic rings. The highest BCUT2D eigenvalue weighted by atomic mass is 35.5. The first kappa shape index (κ1) is 18.3. The van der Waals surface area contributed by atoms with Crippen molar-refractivity contribution in [1.82, 2.24) is 10.6 Å². The highest BCUT2D eigenvalue weighted by molar-refractivity contribution is 7.99. The number of benzene rings is 1. The highest BCUT2D eigenvalue weighted by Gasteiger charge is 2.09. The largest absolute Gasteiger partial charge is 0.347 e. The van der Waals surface area contributed by atoms with Crippen LogP contribution in [-0.2, 0) is 14.4 Å². The molecule has 0 atom stereocenters. The third-order valence-corrected chi connectivity index (χ3v) is 3.65. The number of hydrogen-bond acceptors (Lipinski definition) is 4.